The SMILES string of the molecule is CCCCCCCCCCCCCCCCCCCCCCCCCCCCCC/C=C/C(O)C(COC1OC(CO)C(O)C(O)C1O)NC(=O)CCCCCCCCCCCCCCCCCCCCCCCCCCCCCCCCCCCC. The van der Waals surface area contributed by atoms with E-state index in [9.17, 15) is 30.3 Å². The van der Waals surface area contributed by atoms with Gasteiger partial charge in [0.15, 0.2) is 6.29 Å². The number of ether oxygens (including phenoxy) is 2. The van der Waals surface area contributed by atoms with Crippen molar-refractivity contribution >= 4 is 5.91 Å². The lowest BCUT2D eigenvalue weighted by atomic mass is 9.99. The molecule has 0 bridgehead atoms. The molecule has 0 aromatic heterocycles. The summed E-state index contributed by atoms with van der Waals surface area (Å²) in [5.74, 6) is -0.165. The highest BCUT2D eigenvalue weighted by atomic mass is 16.7. The van der Waals surface area contributed by atoms with E-state index in [1.165, 1.54) is 366 Å². The maximum Gasteiger partial charge on any atom is 0.220 e. The Hall–Kier alpha value is -1.07. The molecule has 0 spiro atoms. The molecule has 0 radical (unpaired) electrons. The second-order valence-corrected chi connectivity index (χ2v) is 27.9. The van der Waals surface area contributed by atoms with Crippen LogP contribution in [0, 0.1) is 0 Å². The van der Waals surface area contributed by atoms with Crippen molar-refractivity contribution in [3.05, 3.63) is 12.2 Å². The summed E-state index contributed by atoms with van der Waals surface area (Å²) >= 11 is 0. The lowest BCUT2D eigenvalue weighted by Crippen LogP contribution is -2.60. The average molecular weight is 1230 g/mol. The van der Waals surface area contributed by atoms with Crippen LogP contribution in [0.3, 0.4) is 0 Å². The molecular weight excluding hydrogens is 1080 g/mol. The van der Waals surface area contributed by atoms with Gasteiger partial charge in [0.25, 0.3) is 0 Å². The zero-order chi connectivity index (χ0) is 62.8. The minimum absolute atomic E-state index is 0.165. The van der Waals surface area contributed by atoms with Gasteiger partial charge in [0, 0.05) is 6.42 Å². The van der Waals surface area contributed by atoms with Gasteiger partial charge in [-0.25, -0.2) is 0 Å². The molecule has 0 aliphatic carbocycles. The molecule has 1 aliphatic rings. The maximum absolute atomic E-state index is 13.2. The number of aliphatic hydroxyl groups is 5. The van der Waals surface area contributed by atoms with Crippen LogP contribution in [0.25, 0.3) is 0 Å². The van der Waals surface area contributed by atoms with Crippen LogP contribution in [0.5, 0.6) is 0 Å². The number of aliphatic hydroxyl groups excluding tert-OH is 5. The topological polar surface area (TPSA) is 149 Å². The molecule has 0 saturated carbocycles. The van der Waals surface area contributed by atoms with Gasteiger partial charge >= 0.3 is 0 Å². The molecule has 9 nitrogen and oxygen atoms in total. The zero-order valence-corrected chi connectivity index (χ0v) is 58.3. The molecule has 87 heavy (non-hydrogen) atoms. The van der Waals surface area contributed by atoms with Crippen LogP contribution in [0.4, 0.5) is 0 Å². The number of hydrogen-bond acceptors (Lipinski definition) is 8. The fourth-order valence-electron chi connectivity index (χ4n) is 13.2. The lowest BCUT2D eigenvalue weighted by Gasteiger charge is -2.40. The first kappa shape index (κ1) is 83.9. The standard InChI is InChI=1S/C78H153NO8/c1-3-5-7-9-11-13-15-17-19-21-23-25-27-29-31-33-35-36-37-38-40-42-44-46-48-50-52-54-56-58-60-62-64-66-68-74(82)79-71(70-86-78-77(85)76(84)75(83)73(69-80)87-78)72(81)67-65-63-61-59-57-55-53-51-49-47-45-43-41-39-34-32-30-28-26-24-22-20-18-16-14-12-10-8-6-4-2/h65,67,71-73,75-78,80-81,83-85H,3-64,66,68-70H2,1-2H3,(H,79,82)/b67-65+. The predicted octanol–water partition coefficient (Wildman–Crippen LogP) is 22.2. The first-order valence-electron chi connectivity index (χ1n) is 39.4. The summed E-state index contributed by atoms with van der Waals surface area (Å²) in [4.78, 5) is 13.2. The first-order valence-corrected chi connectivity index (χ1v) is 39.4. The molecular formula is C78H153NO8. The number of unbranched alkanes of at least 4 members (excludes halogenated alkanes) is 61. The number of amides is 1. The highest BCUT2D eigenvalue weighted by molar-refractivity contribution is 5.76. The molecule has 518 valence electrons. The van der Waals surface area contributed by atoms with Gasteiger partial charge < -0.3 is 40.3 Å². The summed E-state index contributed by atoms with van der Waals surface area (Å²) in [6.07, 6.45) is 82.2. The van der Waals surface area contributed by atoms with E-state index in [2.05, 4.69) is 19.2 Å². The number of allylic oxidation sites excluding steroid dienone is 1. The molecule has 1 heterocycles. The predicted molar refractivity (Wildman–Crippen MR) is 374 cm³/mol. The molecule has 1 aliphatic heterocycles. The monoisotopic (exact) mass is 1230 g/mol. The molecule has 1 saturated heterocycles. The molecule has 0 aromatic carbocycles. The molecule has 6 N–H and O–H groups in total. The van der Waals surface area contributed by atoms with E-state index in [0.29, 0.717) is 6.42 Å². The zero-order valence-electron chi connectivity index (χ0n) is 58.3. The average Bonchev–Trinajstić information content (AvgIpc) is 3.40. The van der Waals surface area contributed by atoms with Gasteiger partial charge in [-0.1, -0.05) is 411 Å². The van der Waals surface area contributed by atoms with E-state index in [0.717, 1.165) is 38.5 Å². The maximum atomic E-state index is 13.2. The van der Waals surface area contributed by atoms with Crippen LogP contribution >= 0.6 is 0 Å². The summed E-state index contributed by atoms with van der Waals surface area (Å²) in [7, 11) is 0. The second kappa shape index (κ2) is 67.8. The van der Waals surface area contributed by atoms with Crippen LogP contribution < -0.4 is 5.32 Å². The smallest absolute Gasteiger partial charge is 0.220 e. The van der Waals surface area contributed by atoms with Gasteiger partial charge in [0.2, 0.25) is 5.91 Å². The van der Waals surface area contributed by atoms with Crippen molar-refractivity contribution in [2.24, 2.45) is 0 Å². The third-order valence-electron chi connectivity index (χ3n) is 19.4. The fourth-order valence-corrected chi connectivity index (χ4v) is 13.2. The van der Waals surface area contributed by atoms with E-state index in [1.54, 1.807) is 6.08 Å². The summed E-state index contributed by atoms with van der Waals surface area (Å²) < 4.78 is 11.3. The van der Waals surface area contributed by atoms with Crippen molar-refractivity contribution < 1.29 is 39.8 Å². The van der Waals surface area contributed by atoms with E-state index < -0.39 is 49.5 Å². The van der Waals surface area contributed by atoms with Crippen molar-refractivity contribution in [1.29, 1.82) is 0 Å². The third kappa shape index (κ3) is 56.2. The van der Waals surface area contributed by atoms with Crippen LogP contribution in [0.2, 0.25) is 0 Å². The summed E-state index contributed by atoms with van der Waals surface area (Å²) in [6, 6.07) is -0.803. The van der Waals surface area contributed by atoms with Gasteiger partial charge in [-0.15, -0.1) is 0 Å². The number of carbonyl (C=O) groups is 1. The molecule has 1 amide bonds. The van der Waals surface area contributed by atoms with Crippen molar-refractivity contribution in [2.75, 3.05) is 13.2 Å². The summed E-state index contributed by atoms with van der Waals surface area (Å²) in [5, 5.41) is 54.9. The van der Waals surface area contributed by atoms with Gasteiger partial charge in [0.1, 0.15) is 24.4 Å². The fraction of sp³-hybridized carbons (Fsp3) is 0.962. The van der Waals surface area contributed by atoms with Gasteiger partial charge in [-0.3, -0.25) is 4.79 Å². The van der Waals surface area contributed by atoms with Gasteiger partial charge in [-0.2, -0.15) is 0 Å². The minimum atomic E-state index is -1.57. The highest BCUT2D eigenvalue weighted by Gasteiger charge is 2.44. The van der Waals surface area contributed by atoms with Crippen molar-refractivity contribution in [3.8, 4) is 0 Å². The van der Waals surface area contributed by atoms with E-state index in [1.807, 2.05) is 6.08 Å². The quantitative estimate of drug-likeness (QED) is 0.0261. The Kier molecular flexibility index (Phi) is 65.4. The van der Waals surface area contributed by atoms with Crippen molar-refractivity contribution in [3.63, 3.8) is 0 Å². The normalized spacial score (nSPS) is 17.9. The summed E-state index contributed by atoms with van der Waals surface area (Å²) in [5.41, 5.74) is 0. The molecule has 1 fully saturated rings. The first-order chi connectivity index (χ1) is 42.8. The Morgan fingerprint density at radius 3 is 0.897 bits per heavy atom. The summed E-state index contributed by atoms with van der Waals surface area (Å²) in [6.45, 7) is 3.86. The van der Waals surface area contributed by atoms with Crippen LogP contribution in [0.15, 0.2) is 12.2 Å². The van der Waals surface area contributed by atoms with Crippen molar-refractivity contribution in [2.45, 2.75) is 468 Å². The number of nitrogens with one attached hydrogen (secondary N) is 1. The van der Waals surface area contributed by atoms with E-state index >= 15 is 0 Å². The largest absolute Gasteiger partial charge is 0.394 e. The Labute approximate surface area is 541 Å². The van der Waals surface area contributed by atoms with E-state index in [-0.39, 0.29) is 12.5 Å². The van der Waals surface area contributed by atoms with E-state index in [4.69, 9.17) is 9.47 Å². The van der Waals surface area contributed by atoms with Gasteiger partial charge in [0.05, 0.1) is 25.4 Å². The molecule has 7 unspecified atom stereocenters. The molecule has 9 heteroatoms. The Bertz CT molecular complexity index is 1380. The van der Waals surface area contributed by atoms with Crippen LogP contribution in [-0.4, -0.2) is 87.5 Å². The van der Waals surface area contributed by atoms with Crippen LogP contribution in [0.1, 0.15) is 425 Å². The highest BCUT2D eigenvalue weighted by Crippen LogP contribution is 2.24. The van der Waals surface area contributed by atoms with Gasteiger partial charge in [-0.05, 0) is 19.3 Å². The Morgan fingerprint density at radius 2 is 0.632 bits per heavy atom. The van der Waals surface area contributed by atoms with Crippen molar-refractivity contribution in [1.82, 2.24) is 5.32 Å². The second-order valence-electron chi connectivity index (χ2n) is 27.9. The minimum Gasteiger partial charge on any atom is -0.394 e. The number of hydrogen-bond donors (Lipinski definition) is 6. The lowest BCUT2D eigenvalue weighted by molar-refractivity contribution is -0.302. The van der Waals surface area contributed by atoms with Crippen LogP contribution in [-0.2, 0) is 14.3 Å². The number of carbonyl (C=O) groups excluding carboxylic acids is 1. The Morgan fingerprint density at radius 1 is 0.379 bits per heavy atom. The third-order valence-corrected chi connectivity index (χ3v) is 19.4. The number of rotatable bonds is 71. The Balaban J connectivity index is 2.06. The molecule has 1 rings (SSSR count). The molecule has 7 atom stereocenters. The molecule has 0 aromatic rings.